The van der Waals surface area contributed by atoms with Crippen LogP contribution in [0.1, 0.15) is 10.4 Å². The molecule has 0 unspecified atom stereocenters. The van der Waals surface area contributed by atoms with Crippen molar-refractivity contribution < 1.29 is 19.2 Å². The summed E-state index contributed by atoms with van der Waals surface area (Å²) in [5, 5.41) is 10.7. The molecule has 0 heterocycles. The number of non-ortho nitro benzene ring substituents is 1. The number of ether oxygens (including phenoxy) is 2. The molecule has 6 nitrogen and oxygen atoms in total. The predicted octanol–water partition coefficient (Wildman–Crippen LogP) is 3.09. The summed E-state index contributed by atoms with van der Waals surface area (Å²) >= 11 is 0. The molecule has 0 aliphatic rings. The second kappa shape index (κ2) is 6.04. The minimum atomic E-state index is -0.469. The maximum Gasteiger partial charge on any atom is 0.269 e. The predicted molar refractivity (Wildman–Crippen MR) is 77.0 cm³/mol. The first-order valence-electron chi connectivity index (χ1n) is 6.06. The number of hydrogen-bond acceptors (Lipinski definition) is 5. The monoisotopic (exact) mass is 287 g/mol. The van der Waals surface area contributed by atoms with Crippen molar-refractivity contribution in [2.45, 2.75) is 0 Å². The van der Waals surface area contributed by atoms with Gasteiger partial charge in [0, 0.05) is 23.3 Å². The number of methoxy groups -OCH3 is 2. The molecule has 0 aliphatic carbocycles. The maximum atomic E-state index is 11.0. The highest BCUT2D eigenvalue weighted by molar-refractivity contribution is 5.84. The van der Waals surface area contributed by atoms with E-state index in [1.165, 1.54) is 26.4 Å². The Bertz CT molecular complexity index is 679. The second-order valence-electron chi connectivity index (χ2n) is 4.23. The van der Waals surface area contributed by atoms with Gasteiger partial charge in [-0.25, -0.2) is 0 Å². The Morgan fingerprint density at radius 2 is 1.76 bits per heavy atom. The van der Waals surface area contributed by atoms with Crippen molar-refractivity contribution in [2.24, 2.45) is 0 Å². The van der Waals surface area contributed by atoms with E-state index in [0.717, 1.165) is 0 Å². The lowest BCUT2D eigenvalue weighted by Gasteiger charge is -2.13. The summed E-state index contributed by atoms with van der Waals surface area (Å²) in [5.41, 5.74) is 1.76. The molecule has 0 aromatic heterocycles. The Kier molecular flexibility index (Phi) is 4.18. The van der Waals surface area contributed by atoms with Gasteiger partial charge in [0.25, 0.3) is 5.69 Å². The van der Waals surface area contributed by atoms with E-state index in [2.05, 4.69) is 0 Å². The number of nitrogens with zero attached hydrogens (tertiary/aromatic N) is 1. The van der Waals surface area contributed by atoms with Gasteiger partial charge in [-0.15, -0.1) is 0 Å². The van der Waals surface area contributed by atoms with Crippen LogP contribution < -0.4 is 9.47 Å². The Labute approximate surface area is 121 Å². The van der Waals surface area contributed by atoms with Gasteiger partial charge in [0.2, 0.25) is 0 Å². The molecule has 0 N–H and O–H groups in total. The summed E-state index contributed by atoms with van der Waals surface area (Å²) < 4.78 is 10.5. The molecule has 0 fully saturated rings. The summed E-state index contributed by atoms with van der Waals surface area (Å²) in [6, 6.07) is 9.22. The molecule has 0 atom stereocenters. The van der Waals surface area contributed by atoms with Gasteiger partial charge in [0.05, 0.1) is 19.1 Å². The van der Waals surface area contributed by atoms with E-state index in [4.69, 9.17) is 9.47 Å². The van der Waals surface area contributed by atoms with E-state index in [0.29, 0.717) is 34.5 Å². The Balaban J connectivity index is 2.60. The first-order valence-corrected chi connectivity index (χ1v) is 6.06. The van der Waals surface area contributed by atoms with Crippen LogP contribution in [0.3, 0.4) is 0 Å². The Morgan fingerprint density at radius 3 is 2.24 bits per heavy atom. The van der Waals surface area contributed by atoms with Gasteiger partial charge in [0.1, 0.15) is 6.29 Å². The zero-order valence-electron chi connectivity index (χ0n) is 11.5. The highest BCUT2D eigenvalue weighted by atomic mass is 16.6. The molecule has 108 valence electrons. The van der Waals surface area contributed by atoms with Crippen LogP contribution in [-0.2, 0) is 0 Å². The van der Waals surface area contributed by atoms with Crippen LogP contribution in [0.4, 0.5) is 5.69 Å². The van der Waals surface area contributed by atoms with Crippen molar-refractivity contribution in [3.63, 3.8) is 0 Å². The molecule has 2 rings (SSSR count). The Morgan fingerprint density at radius 1 is 1.10 bits per heavy atom. The lowest BCUT2D eigenvalue weighted by molar-refractivity contribution is -0.384. The number of carbonyl (C=O) groups is 1. The largest absolute Gasteiger partial charge is 0.493 e. The smallest absolute Gasteiger partial charge is 0.269 e. The fourth-order valence-corrected chi connectivity index (χ4v) is 2.03. The van der Waals surface area contributed by atoms with Crippen LogP contribution in [0.5, 0.6) is 11.5 Å². The number of benzene rings is 2. The van der Waals surface area contributed by atoms with E-state index in [1.807, 2.05) is 0 Å². The average Bonchev–Trinajstić information content (AvgIpc) is 2.53. The van der Waals surface area contributed by atoms with Gasteiger partial charge < -0.3 is 9.47 Å². The number of carbonyl (C=O) groups excluding carboxylic acids is 1. The summed E-state index contributed by atoms with van der Waals surface area (Å²) in [6.45, 7) is 0. The van der Waals surface area contributed by atoms with Crippen molar-refractivity contribution in [3.05, 3.63) is 52.1 Å². The molecular formula is C15H13NO5. The highest BCUT2D eigenvalue weighted by Crippen LogP contribution is 2.39. The van der Waals surface area contributed by atoms with Crippen LogP contribution in [0, 0.1) is 10.1 Å². The van der Waals surface area contributed by atoms with E-state index in [1.54, 1.807) is 24.3 Å². The maximum absolute atomic E-state index is 11.0. The molecule has 0 aliphatic heterocycles. The normalized spacial score (nSPS) is 10.0. The minimum absolute atomic E-state index is 0.00350. The van der Waals surface area contributed by atoms with E-state index in [-0.39, 0.29) is 5.69 Å². The fourth-order valence-electron chi connectivity index (χ4n) is 2.03. The first-order chi connectivity index (χ1) is 10.1. The molecule has 0 radical (unpaired) electrons. The molecule has 0 amide bonds. The van der Waals surface area contributed by atoms with Gasteiger partial charge in [0.15, 0.2) is 11.5 Å². The van der Waals surface area contributed by atoms with Gasteiger partial charge in [-0.2, -0.15) is 0 Å². The molecule has 2 aromatic rings. The standard InChI is InChI=1S/C15H13NO5/c1-20-14-8-10(9-17)7-13(15(14)21-2)11-3-5-12(6-4-11)16(18)19/h3-9H,1-2H3. The zero-order chi connectivity index (χ0) is 15.4. The number of hydrogen-bond donors (Lipinski definition) is 0. The van der Waals surface area contributed by atoms with Gasteiger partial charge in [-0.1, -0.05) is 0 Å². The van der Waals surface area contributed by atoms with E-state index >= 15 is 0 Å². The van der Waals surface area contributed by atoms with Crippen molar-refractivity contribution >= 4 is 12.0 Å². The average molecular weight is 287 g/mol. The molecule has 0 saturated heterocycles. The summed E-state index contributed by atoms with van der Waals surface area (Å²) in [7, 11) is 2.97. The molecule has 2 aromatic carbocycles. The van der Waals surface area contributed by atoms with E-state index in [9.17, 15) is 14.9 Å². The van der Waals surface area contributed by atoms with Crippen LogP contribution in [0.15, 0.2) is 36.4 Å². The molecule has 6 heteroatoms. The van der Waals surface area contributed by atoms with Crippen LogP contribution in [0.25, 0.3) is 11.1 Å². The third kappa shape index (κ3) is 2.84. The first kappa shape index (κ1) is 14.5. The minimum Gasteiger partial charge on any atom is -0.493 e. The van der Waals surface area contributed by atoms with Crippen molar-refractivity contribution in [3.8, 4) is 22.6 Å². The van der Waals surface area contributed by atoms with Gasteiger partial charge >= 0.3 is 0 Å². The van der Waals surface area contributed by atoms with Crippen molar-refractivity contribution in [1.29, 1.82) is 0 Å². The lowest BCUT2D eigenvalue weighted by atomic mass is 10.0. The third-order valence-electron chi connectivity index (χ3n) is 3.03. The van der Waals surface area contributed by atoms with Crippen molar-refractivity contribution in [1.82, 2.24) is 0 Å². The van der Waals surface area contributed by atoms with Crippen LogP contribution in [0.2, 0.25) is 0 Å². The number of rotatable bonds is 5. The Hall–Kier alpha value is -2.89. The summed E-state index contributed by atoms with van der Waals surface area (Å²) in [5.74, 6) is 0.896. The number of aldehydes is 1. The lowest BCUT2D eigenvalue weighted by Crippen LogP contribution is -1.96. The SMILES string of the molecule is COc1cc(C=O)cc(-c2ccc([N+](=O)[O-])cc2)c1OC. The van der Waals surface area contributed by atoms with Crippen LogP contribution in [-0.4, -0.2) is 25.4 Å². The number of nitro benzene ring substituents is 1. The zero-order valence-corrected chi connectivity index (χ0v) is 11.5. The van der Waals surface area contributed by atoms with Gasteiger partial charge in [-0.05, 0) is 29.8 Å². The van der Waals surface area contributed by atoms with Gasteiger partial charge in [-0.3, -0.25) is 14.9 Å². The van der Waals surface area contributed by atoms with Crippen molar-refractivity contribution in [2.75, 3.05) is 14.2 Å². The quantitative estimate of drug-likeness (QED) is 0.479. The highest BCUT2D eigenvalue weighted by Gasteiger charge is 2.15. The summed E-state index contributed by atoms with van der Waals surface area (Å²) in [6.07, 6.45) is 0.705. The molecule has 0 spiro atoms. The summed E-state index contributed by atoms with van der Waals surface area (Å²) in [4.78, 5) is 21.2. The fraction of sp³-hybridized carbons (Fsp3) is 0.133. The number of nitro groups is 1. The van der Waals surface area contributed by atoms with E-state index < -0.39 is 4.92 Å². The topological polar surface area (TPSA) is 78.7 Å². The van der Waals surface area contributed by atoms with Crippen LogP contribution >= 0.6 is 0 Å². The molecule has 0 bridgehead atoms. The second-order valence-corrected chi connectivity index (χ2v) is 4.23. The molecular weight excluding hydrogens is 274 g/mol. The third-order valence-corrected chi connectivity index (χ3v) is 3.03. The molecule has 0 saturated carbocycles. The molecule has 21 heavy (non-hydrogen) atoms.